The molecule has 0 radical (unpaired) electrons. The van der Waals surface area contributed by atoms with E-state index in [1.165, 1.54) is 12.8 Å². The van der Waals surface area contributed by atoms with Crippen LogP contribution < -0.4 is 10.6 Å². The van der Waals surface area contributed by atoms with Crippen molar-refractivity contribution in [2.75, 3.05) is 59.8 Å². The van der Waals surface area contributed by atoms with Gasteiger partial charge in [0, 0.05) is 19.5 Å². The molecule has 0 heterocycles. The molecule has 0 bridgehead atoms. The van der Waals surface area contributed by atoms with E-state index < -0.39 is 0 Å². The molecule has 1 amide bonds. The number of hydrogen-bond acceptors (Lipinski definition) is 5. The Kier molecular flexibility index (Phi) is 17.8. The molecule has 0 aromatic heterocycles. The minimum Gasteiger partial charge on any atom is -0.378 e. The third-order valence-corrected chi connectivity index (χ3v) is 3.07. The third kappa shape index (κ3) is 17.4. The molecular formula is C16H34N2O4. The number of rotatable bonds is 17. The molecule has 0 rings (SSSR count). The van der Waals surface area contributed by atoms with Crippen molar-refractivity contribution in [3.05, 3.63) is 0 Å². The molecule has 22 heavy (non-hydrogen) atoms. The Morgan fingerprint density at radius 1 is 0.818 bits per heavy atom. The summed E-state index contributed by atoms with van der Waals surface area (Å²) in [6, 6.07) is 0. The Morgan fingerprint density at radius 3 is 2.00 bits per heavy atom. The molecule has 6 heteroatoms. The maximum Gasteiger partial charge on any atom is 0.220 e. The molecule has 0 aliphatic rings. The normalized spacial score (nSPS) is 10.8. The fraction of sp³-hybridized carbons (Fsp3) is 0.938. The molecule has 0 aliphatic carbocycles. The summed E-state index contributed by atoms with van der Waals surface area (Å²) in [4.78, 5) is 11.5. The molecule has 6 nitrogen and oxygen atoms in total. The summed E-state index contributed by atoms with van der Waals surface area (Å²) in [5, 5.41) is 5.87. The van der Waals surface area contributed by atoms with Gasteiger partial charge in [0.15, 0.2) is 0 Å². The van der Waals surface area contributed by atoms with Crippen molar-refractivity contribution >= 4 is 5.91 Å². The molecule has 0 aliphatic heterocycles. The molecule has 0 unspecified atom stereocenters. The van der Waals surface area contributed by atoms with Gasteiger partial charge in [0.25, 0.3) is 0 Å². The van der Waals surface area contributed by atoms with E-state index >= 15 is 0 Å². The Hall–Kier alpha value is -0.690. The first kappa shape index (κ1) is 21.3. The van der Waals surface area contributed by atoms with Gasteiger partial charge in [-0.25, -0.2) is 0 Å². The van der Waals surface area contributed by atoms with E-state index in [4.69, 9.17) is 14.2 Å². The Labute approximate surface area is 135 Å². The first-order chi connectivity index (χ1) is 10.8. The molecule has 0 aromatic rings. The second-order valence-electron chi connectivity index (χ2n) is 5.10. The van der Waals surface area contributed by atoms with E-state index in [0.29, 0.717) is 52.6 Å². The van der Waals surface area contributed by atoms with Crippen molar-refractivity contribution < 1.29 is 19.0 Å². The lowest BCUT2D eigenvalue weighted by atomic mass is 10.1. The summed E-state index contributed by atoms with van der Waals surface area (Å²) >= 11 is 0. The van der Waals surface area contributed by atoms with Crippen molar-refractivity contribution in [2.24, 2.45) is 0 Å². The van der Waals surface area contributed by atoms with E-state index in [-0.39, 0.29) is 5.91 Å². The minimum absolute atomic E-state index is 0.120. The molecule has 0 fully saturated rings. The van der Waals surface area contributed by atoms with Gasteiger partial charge in [-0.1, -0.05) is 26.2 Å². The summed E-state index contributed by atoms with van der Waals surface area (Å²) < 4.78 is 16.1. The van der Waals surface area contributed by atoms with Crippen LogP contribution in [-0.4, -0.2) is 65.7 Å². The number of nitrogens with one attached hydrogen (secondary N) is 2. The van der Waals surface area contributed by atoms with Crippen LogP contribution in [0, 0.1) is 0 Å². The van der Waals surface area contributed by atoms with Gasteiger partial charge >= 0.3 is 0 Å². The summed E-state index contributed by atoms with van der Waals surface area (Å²) in [7, 11) is 1.89. The third-order valence-electron chi connectivity index (χ3n) is 3.07. The molecule has 0 aromatic carbocycles. The lowest BCUT2D eigenvalue weighted by Crippen LogP contribution is -2.27. The highest BCUT2D eigenvalue weighted by Gasteiger charge is 1.99. The summed E-state index contributed by atoms with van der Waals surface area (Å²) in [5.74, 6) is 0.120. The predicted octanol–water partition coefficient (Wildman–Crippen LogP) is 1.34. The van der Waals surface area contributed by atoms with Crippen molar-refractivity contribution in [2.45, 2.75) is 39.0 Å². The van der Waals surface area contributed by atoms with Crippen LogP contribution in [0.5, 0.6) is 0 Å². The Bertz CT molecular complexity index is 240. The Balaban J connectivity index is 3.08. The van der Waals surface area contributed by atoms with Gasteiger partial charge in [0.2, 0.25) is 5.91 Å². The van der Waals surface area contributed by atoms with Gasteiger partial charge in [0.05, 0.1) is 39.6 Å². The summed E-state index contributed by atoms with van der Waals surface area (Å²) in [6.45, 7) is 7.11. The van der Waals surface area contributed by atoms with Crippen LogP contribution in [0.1, 0.15) is 39.0 Å². The van der Waals surface area contributed by atoms with Crippen molar-refractivity contribution in [1.82, 2.24) is 10.6 Å². The number of likely N-dealkylation sites (N-methyl/N-ethyl adjacent to an activating group) is 1. The Morgan fingerprint density at radius 2 is 1.41 bits per heavy atom. The average molecular weight is 318 g/mol. The maximum absolute atomic E-state index is 11.5. The lowest BCUT2D eigenvalue weighted by Gasteiger charge is -2.08. The second kappa shape index (κ2) is 18.4. The van der Waals surface area contributed by atoms with Crippen LogP contribution in [0.4, 0.5) is 0 Å². The molecule has 0 atom stereocenters. The highest BCUT2D eigenvalue weighted by Crippen LogP contribution is 2.01. The van der Waals surface area contributed by atoms with E-state index in [1.807, 2.05) is 7.05 Å². The summed E-state index contributed by atoms with van der Waals surface area (Å²) in [6.07, 6.45) is 5.13. The monoisotopic (exact) mass is 318 g/mol. The van der Waals surface area contributed by atoms with Gasteiger partial charge < -0.3 is 24.8 Å². The highest BCUT2D eigenvalue weighted by molar-refractivity contribution is 5.75. The van der Waals surface area contributed by atoms with Crippen LogP contribution in [0.3, 0.4) is 0 Å². The van der Waals surface area contributed by atoms with E-state index in [1.54, 1.807) is 0 Å². The van der Waals surface area contributed by atoms with Gasteiger partial charge in [0.1, 0.15) is 0 Å². The van der Waals surface area contributed by atoms with Crippen LogP contribution >= 0.6 is 0 Å². The van der Waals surface area contributed by atoms with Crippen molar-refractivity contribution in [3.8, 4) is 0 Å². The molecular weight excluding hydrogens is 284 g/mol. The first-order valence-electron chi connectivity index (χ1n) is 8.45. The van der Waals surface area contributed by atoms with E-state index in [2.05, 4.69) is 17.6 Å². The SMILES string of the molecule is CCCCCCC(=O)NCCOCCOCCOCCNC. The van der Waals surface area contributed by atoms with Crippen molar-refractivity contribution in [1.29, 1.82) is 0 Å². The molecule has 2 N–H and O–H groups in total. The highest BCUT2D eigenvalue weighted by atomic mass is 16.5. The quantitative estimate of drug-likeness (QED) is 0.396. The number of hydrogen-bond donors (Lipinski definition) is 2. The smallest absolute Gasteiger partial charge is 0.220 e. The summed E-state index contributed by atoms with van der Waals surface area (Å²) in [5.41, 5.74) is 0. The number of ether oxygens (including phenoxy) is 3. The second-order valence-corrected chi connectivity index (χ2v) is 5.10. The van der Waals surface area contributed by atoms with Crippen LogP contribution in [0.25, 0.3) is 0 Å². The predicted molar refractivity (Wildman–Crippen MR) is 88.2 cm³/mol. The van der Waals surface area contributed by atoms with Crippen LogP contribution in [-0.2, 0) is 19.0 Å². The largest absolute Gasteiger partial charge is 0.378 e. The van der Waals surface area contributed by atoms with E-state index in [0.717, 1.165) is 19.4 Å². The van der Waals surface area contributed by atoms with Crippen LogP contribution in [0.15, 0.2) is 0 Å². The molecule has 0 saturated carbocycles. The topological polar surface area (TPSA) is 68.8 Å². The molecule has 0 saturated heterocycles. The molecule has 132 valence electrons. The molecule has 0 spiro atoms. The zero-order chi connectivity index (χ0) is 16.3. The number of unbranched alkanes of at least 4 members (excludes halogenated alkanes) is 3. The van der Waals surface area contributed by atoms with Gasteiger partial charge in [-0.3, -0.25) is 4.79 Å². The maximum atomic E-state index is 11.5. The van der Waals surface area contributed by atoms with E-state index in [9.17, 15) is 4.79 Å². The van der Waals surface area contributed by atoms with Crippen LogP contribution in [0.2, 0.25) is 0 Å². The number of amides is 1. The first-order valence-corrected chi connectivity index (χ1v) is 8.45. The fourth-order valence-corrected chi connectivity index (χ4v) is 1.78. The number of carbonyl (C=O) groups excluding carboxylic acids is 1. The minimum atomic E-state index is 0.120. The van der Waals surface area contributed by atoms with Gasteiger partial charge in [-0.05, 0) is 13.5 Å². The van der Waals surface area contributed by atoms with Crippen molar-refractivity contribution in [3.63, 3.8) is 0 Å². The zero-order valence-corrected chi connectivity index (χ0v) is 14.3. The fourth-order valence-electron chi connectivity index (χ4n) is 1.78. The number of carbonyl (C=O) groups is 1. The van der Waals surface area contributed by atoms with Gasteiger partial charge in [-0.2, -0.15) is 0 Å². The van der Waals surface area contributed by atoms with Gasteiger partial charge in [-0.15, -0.1) is 0 Å². The lowest BCUT2D eigenvalue weighted by molar-refractivity contribution is -0.121. The standard InChI is InChI=1S/C16H34N2O4/c1-3-4-5-6-7-16(19)18-9-11-21-13-15-22-14-12-20-10-8-17-2/h17H,3-15H2,1-2H3,(H,18,19). The average Bonchev–Trinajstić information content (AvgIpc) is 2.52. The zero-order valence-electron chi connectivity index (χ0n) is 14.3.